The molecule has 0 aliphatic rings. The molecule has 0 aliphatic carbocycles. The minimum atomic E-state index is -0.741. The number of aliphatic hydroxyl groups is 1. The van der Waals surface area contributed by atoms with Crippen LogP contribution in [0.2, 0.25) is 0 Å². The number of nitrogens with zero attached hydrogens (tertiary/aromatic N) is 1. The summed E-state index contributed by atoms with van der Waals surface area (Å²) in [4.78, 5) is 26.7. The quantitative estimate of drug-likeness (QED) is 0.149. The van der Waals surface area contributed by atoms with Crippen LogP contribution in [0.15, 0.2) is 0 Å². The van der Waals surface area contributed by atoms with Crippen molar-refractivity contribution in [1.29, 1.82) is 0 Å². The fourth-order valence-corrected chi connectivity index (χ4v) is 5.67. The summed E-state index contributed by atoms with van der Waals surface area (Å²) in [6.07, 6.45) is 5.15. The van der Waals surface area contributed by atoms with Gasteiger partial charge in [0.15, 0.2) is 0 Å². The van der Waals surface area contributed by atoms with Crippen molar-refractivity contribution in [3.05, 3.63) is 0 Å². The fourth-order valence-electron chi connectivity index (χ4n) is 3.43. The second-order valence-corrected chi connectivity index (χ2v) is 11.5. The van der Waals surface area contributed by atoms with Gasteiger partial charge in [-0.15, -0.1) is 23.5 Å². The number of unbranched alkanes of at least 4 members (excludes halogenated alkanes) is 2. The number of rotatable bonds is 22. The molecule has 33 heavy (non-hydrogen) atoms. The molecule has 196 valence electrons. The predicted molar refractivity (Wildman–Crippen MR) is 141 cm³/mol. The summed E-state index contributed by atoms with van der Waals surface area (Å²) in [5.74, 6) is 0.729. The van der Waals surface area contributed by atoms with E-state index in [1.165, 1.54) is 11.8 Å². The van der Waals surface area contributed by atoms with Crippen molar-refractivity contribution in [2.24, 2.45) is 0 Å². The average Bonchev–Trinajstić information content (AvgIpc) is 2.76. The van der Waals surface area contributed by atoms with E-state index in [9.17, 15) is 14.7 Å². The lowest BCUT2D eigenvalue weighted by atomic mass is 9.99. The first-order valence-electron chi connectivity index (χ1n) is 12.4. The van der Waals surface area contributed by atoms with E-state index in [-0.39, 0.29) is 23.1 Å². The first kappa shape index (κ1) is 32.5. The van der Waals surface area contributed by atoms with Crippen molar-refractivity contribution in [1.82, 2.24) is 10.2 Å². The van der Waals surface area contributed by atoms with Gasteiger partial charge in [0.05, 0.1) is 0 Å². The smallest absolute Gasteiger partial charge is 0.319 e. The molecule has 0 aliphatic heterocycles. The molecule has 2 unspecified atom stereocenters. The summed E-state index contributed by atoms with van der Waals surface area (Å²) < 4.78 is 5.86. The molecule has 7 nitrogen and oxygen atoms in total. The first-order chi connectivity index (χ1) is 15.7. The van der Waals surface area contributed by atoms with Crippen LogP contribution < -0.4 is 5.32 Å². The molecular formula is C24H48N2O5S2. The summed E-state index contributed by atoms with van der Waals surface area (Å²) >= 11 is 3.13. The van der Waals surface area contributed by atoms with Crippen LogP contribution in [0, 0.1) is 0 Å². The van der Waals surface area contributed by atoms with Gasteiger partial charge in [-0.25, -0.2) is 0 Å². The van der Waals surface area contributed by atoms with Gasteiger partial charge in [0, 0.05) is 31.2 Å². The van der Waals surface area contributed by atoms with Gasteiger partial charge in [-0.3, -0.25) is 9.59 Å². The Balaban J connectivity index is 4.48. The zero-order valence-electron chi connectivity index (χ0n) is 21.4. The fraction of sp³-hybridized carbons (Fsp3) is 0.917. The van der Waals surface area contributed by atoms with E-state index in [1.807, 2.05) is 20.9 Å². The van der Waals surface area contributed by atoms with Gasteiger partial charge in [0.25, 0.3) is 0 Å². The lowest BCUT2D eigenvalue weighted by Crippen LogP contribution is -2.33. The zero-order valence-corrected chi connectivity index (χ0v) is 23.1. The third-order valence-corrected chi connectivity index (χ3v) is 8.11. The number of hydrogen-bond acceptors (Lipinski definition) is 8. The average molecular weight is 509 g/mol. The molecule has 0 saturated carbocycles. The maximum atomic E-state index is 12.8. The largest absolute Gasteiger partial charge is 0.480 e. The van der Waals surface area contributed by atoms with E-state index in [0.29, 0.717) is 25.7 Å². The first-order valence-corrected chi connectivity index (χ1v) is 14.5. The number of nitrogens with one attached hydrogen (secondary N) is 1. The number of carbonyl (C=O) groups excluding carboxylic acids is 1. The Kier molecular flexibility index (Phi) is 19.5. The minimum Gasteiger partial charge on any atom is -0.480 e. The van der Waals surface area contributed by atoms with Crippen LogP contribution in [0.25, 0.3) is 0 Å². The maximum absolute atomic E-state index is 12.8. The van der Waals surface area contributed by atoms with Gasteiger partial charge in [-0.1, -0.05) is 20.3 Å². The molecule has 0 radical (unpaired) electrons. The summed E-state index contributed by atoms with van der Waals surface area (Å²) in [7, 11) is 1.89. The molecule has 9 heteroatoms. The van der Waals surface area contributed by atoms with Crippen molar-refractivity contribution < 1.29 is 24.5 Å². The van der Waals surface area contributed by atoms with E-state index in [2.05, 4.69) is 24.1 Å². The monoisotopic (exact) mass is 508 g/mol. The second-order valence-electron chi connectivity index (χ2n) is 8.83. The van der Waals surface area contributed by atoms with Crippen LogP contribution in [-0.2, 0) is 14.3 Å². The predicted octanol–water partition coefficient (Wildman–Crippen LogP) is 3.88. The number of thioether (sulfide) groups is 2. The van der Waals surface area contributed by atoms with Crippen LogP contribution in [0.1, 0.15) is 72.6 Å². The molecule has 0 aromatic rings. The van der Waals surface area contributed by atoms with Gasteiger partial charge in [0.2, 0.25) is 0 Å². The minimum absolute atomic E-state index is 0.138. The number of carboxylic acid groups (broad SMARTS) is 1. The second kappa shape index (κ2) is 19.8. The van der Waals surface area contributed by atoms with Crippen molar-refractivity contribution in [3.63, 3.8) is 0 Å². The Hall–Kier alpha value is -0.480. The van der Waals surface area contributed by atoms with Crippen LogP contribution in [0.3, 0.4) is 0 Å². The van der Waals surface area contributed by atoms with Crippen molar-refractivity contribution in [3.8, 4) is 0 Å². The highest BCUT2D eigenvalue weighted by Gasteiger charge is 2.28. The summed E-state index contributed by atoms with van der Waals surface area (Å²) in [6.45, 7) is 12.0. The topological polar surface area (TPSA) is 99.1 Å². The maximum Gasteiger partial charge on any atom is 0.319 e. The Labute approximate surface area is 210 Å². The van der Waals surface area contributed by atoms with Crippen LogP contribution in [-0.4, -0.2) is 94.5 Å². The zero-order chi connectivity index (χ0) is 25.1. The molecule has 0 aromatic carbocycles. The van der Waals surface area contributed by atoms with Gasteiger partial charge in [-0.05, 0) is 72.5 Å². The van der Waals surface area contributed by atoms with Gasteiger partial charge in [-0.2, -0.15) is 0 Å². The number of esters is 1. The molecule has 3 N–H and O–H groups in total. The van der Waals surface area contributed by atoms with Gasteiger partial charge < -0.3 is 25.2 Å². The molecular weight excluding hydrogens is 460 g/mol. The molecule has 0 spiro atoms. The van der Waals surface area contributed by atoms with Crippen LogP contribution in [0.5, 0.6) is 0 Å². The standard InChI is InChI=1S/C24H48N2O5S2/c1-6-26(7-2)16-19-33-20(22(28)29)12-8-10-14-24(3,4)31-23(30)21(13-9-11-17-27)32-18-15-25-5/h20-21,25,27H,6-19H2,1-5H3,(H,28,29). The summed E-state index contributed by atoms with van der Waals surface area (Å²) in [5.41, 5.74) is -0.579. The molecule has 0 fully saturated rings. The molecule has 0 amide bonds. The number of carboxylic acids is 1. The van der Waals surface area contributed by atoms with E-state index in [4.69, 9.17) is 9.84 Å². The van der Waals surface area contributed by atoms with E-state index < -0.39 is 11.6 Å². The number of ether oxygens (including phenoxy) is 1. The highest BCUT2D eigenvalue weighted by molar-refractivity contribution is 8.00. The molecule has 0 saturated heterocycles. The van der Waals surface area contributed by atoms with E-state index >= 15 is 0 Å². The summed E-state index contributed by atoms with van der Waals surface area (Å²) in [6, 6.07) is 0. The summed E-state index contributed by atoms with van der Waals surface area (Å²) in [5, 5.41) is 21.1. The van der Waals surface area contributed by atoms with Gasteiger partial charge >= 0.3 is 11.9 Å². The van der Waals surface area contributed by atoms with E-state index in [0.717, 1.165) is 56.9 Å². The molecule has 0 rings (SSSR count). The SMILES string of the molecule is CCN(CC)CCSC(CCCCC(C)(C)OC(=O)C(CCCCO)SCCNC)C(=O)O. The Bertz CT molecular complexity index is 509. The third-order valence-electron chi connectivity index (χ3n) is 5.58. The molecule has 2 atom stereocenters. The highest BCUT2D eigenvalue weighted by atomic mass is 32.2. The van der Waals surface area contributed by atoms with Crippen molar-refractivity contribution >= 4 is 35.5 Å². The molecule has 0 aromatic heterocycles. The van der Waals surface area contributed by atoms with Gasteiger partial charge in [0.1, 0.15) is 16.1 Å². The number of carbonyl (C=O) groups is 2. The number of aliphatic hydroxyl groups excluding tert-OH is 1. The normalized spacial score (nSPS) is 13.8. The highest BCUT2D eigenvalue weighted by Crippen LogP contribution is 2.26. The molecule has 0 heterocycles. The Morgan fingerprint density at radius 1 is 1.00 bits per heavy atom. The van der Waals surface area contributed by atoms with E-state index in [1.54, 1.807) is 11.8 Å². The lowest BCUT2D eigenvalue weighted by Gasteiger charge is -2.28. The van der Waals surface area contributed by atoms with Crippen LogP contribution >= 0.6 is 23.5 Å². The Morgan fingerprint density at radius 2 is 1.61 bits per heavy atom. The van der Waals surface area contributed by atoms with Crippen LogP contribution in [0.4, 0.5) is 0 Å². The van der Waals surface area contributed by atoms with Crippen molar-refractivity contribution in [2.75, 3.05) is 51.3 Å². The number of aliphatic carboxylic acids is 1. The van der Waals surface area contributed by atoms with Crippen molar-refractivity contribution in [2.45, 2.75) is 88.7 Å². The lowest BCUT2D eigenvalue weighted by molar-refractivity contribution is -0.156. The third kappa shape index (κ3) is 16.7. The Morgan fingerprint density at radius 3 is 2.18 bits per heavy atom. The number of hydrogen-bond donors (Lipinski definition) is 3. The molecule has 0 bridgehead atoms.